The molecule has 1 aromatic heterocycles. The van der Waals surface area contributed by atoms with Crippen LogP contribution in [-0.2, 0) is 19.2 Å². The first kappa shape index (κ1) is 21.4. The number of β-lactam (4-membered cyclic amide) rings is 1. The van der Waals surface area contributed by atoms with E-state index in [1.807, 2.05) is 0 Å². The number of aromatic nitrogens is 1. The number of carbonyl (C=O) groups excluding carboxylic acids is 2. The van der Waals surface area contributed by atoms with Crippen molar-refractivity contribution in [3.63, 3.8) is 0 Å². The minimum Gasteiger partial charge on any atom is -0.477 e. The molecule has 1 fully saturated rings. The average Bonchev–Trinajstić information content (AvgIpc) is 3.14. The zero-order valence-electron chi connectivity index (χ0n) is 15.7. The molecule has 0 aliphatic carbocycles. The van der Waals surface area contributed by atoms with Crippen molar-refractivity contribution in [2.45, 2.75) is 18.3 Å². The van der Waals surface area contributed by atoms with Crippen molar-refractivity contribution in [1.82, 2.24) is 15.2 Å². The summed E-state index contributed by atoms with van der Waals surface area (Å²) in [7, 11) is 0. The van der Waals surface area contributed by atoms with Gasteiger partial charge in [-0.25, -0.2) is 9.78 Å². The summed E-state index contributed by atoms with van der Waals surface area (Å²) in [6, 6.07) is -0.919. The summed E-state index contributed by atoms with van der Waals surface area (Å²) < 4.78 is 0. The summed E-state index contributed by atoms with van der Waals surface area (Å²) in [4.78, 5) is 47.2. The molecule has 156 valence electrons. The molecule has 0 aromatic carbocycles. The number of fused-ring (bicyclic) bond motifs is 1. The van der Waals surface area contributed by atoms with Crippen LogP contribution in [0.3, 0.4) is 0 Å². The van der Waals surface area contributed by atoms with Gasteiger partial charge in [-0.15, -0.1) is 29.5 Å². The highest BCUT2D eigenvalue weighted by atomic mass is 32.2. The molecule has 2 aliphatic heterocycles. The Balaban J connectivity index is 1.80. The SMILES string of the molecule is C#CCO/N=C(\C(=O)N[C@@H]1C(=O)N2C(C(=O)O)=C(/C=C\C)CS[C@@H]12)c1csc(N)n1. The Morgan fingerprint density at radius 3 is 2.97 bits per heavy atom. The number of nitrogens with zero attached hydrogens (tertiary/aromatic N) is 3. The second-order valence-electron chi connectivity index (χ2n) is 6.03. The number of thioether (sulfide) groups is 1. The molecule has 30 heavy (non-hydrogen) atoms. The Bertz CT molecular complexity index is 1020. The van der Waals surface area contributed by atoms with Gasteiger partial charge < -0.3 is 21.0 Å². The quantitative estimate of drug-likeness (QED) is 0.179. The van der Waals surface area contributed by atoms with E-state index in [0.29, 0.717) is 11.3 Å². The Kier molecular flexibility index (Phi) is 6.43. The summed E-state index contributed by atoms with van der Waals surface area (Å²) in [5.41, 5.74) is 6.06. The van der Waals surface area contributed by atoms with Crippen molar-refractivity contribution < 1.29 is 24.3 Å². The molecule has 1 saturated heterocycles. The highest BCUT2D eigenvalue weighted by Crippen LogP contribution is 2.40. The zero-order chi connectivity index (χ0) is 21.8. The number of thiazole rings is 1. The summed E-state index contributed by atoms with van der Waals surface area (Å²) in [6.45, 7) is 1.60. The van der Waals surface area contributed by atoms with Crippen LogP contribution < -0.4 is 11.1 Å². The maximum absolute atomic E-state index is 12.8. The van der Waals surface area contributed by atoms with Crippen LogP contribution in [0, 0.1) is 12.3 Å². The number of rotatable bonds is 7. The molecule has 12 heteroatoms. The summed E-state index contributed by atoms with van der Waals surface area (Å²) in [5.74, 6) is 0.175. The third-order valence-electron chi connectivity index (χ3n) is 4.14. The summed E-state index contributed by atoms with van der Waals surface area (Å²) in [6.07, 6.45) is 8.49. The predicted octanol–water partition coefficient (Wildman–Crippen LogP) is 0.394. The molecule has 3 rings (SSSR count). The van der Waals surface area contributed by atoms with Crippen LogP contribution in [-0.4, -0.2) is 62.3 Å². The van der Waals surface area contributed by atoms with Crippen LogP contribution in [0.25, 0.3) is 0 Å². The lowest BCUT2D eigenvalue weighted by Gasteiger charge is -2.49. The number of hydrogen-bond donors (Lipinski definition) is 3. The first-order valence-corrected chi connectivity index (χ1v) is 10.5. The number of nitrogens with one attached hydrogen (secondary N) is 1. The molecule has 3 heterocycles. The number of carboxylic acids is 1. The number of terminal acetylenes is 1. The number of allylic oxidation sites excluding steroid dienone is 2. The molecular formula is C18H17N5O5S2. The minimum atomic E-state index is -1.20. The number of carboxylic acid groups (broad SMARTS) is 1. The molecule has 0 saturated carbocycles. The van der Waals surface area contributed by atoms with E-state index in [4.69, 9.17) is 17.0 Å². The second kappa shape index (κ2) is 9.02. The van der Waals surface area contributed by atoms with Crippen molar-refractivity contribution in [1.29, 1.82) is 0 Å². The number of amides is 2. The number of anilines is 1. The maximum Gasteiger partial charge on any atom is 0.352 e. The van der Waals surface area contributed by atoms with Crippen LogP contribution >= 0.6 is 23.1 Å². The molecule has 10 nitrogen and oxygen atoms in total. The molecule has 2 amide bonds. The van der Waals surface area contributed by atoms with Gasteiger partial charge in [-0.2, -0.15) is 0 Å². The number of aliphatic carboxylic acids is 1. The van der Waals surface area contributed by atoms with Gasteiger partial charge in [0.25, 0.3) is 11.8 Å². The largest absolute Gasteiger partial charge is 0.477 e. The van der Waals surface area contributed by atoms with E-state index in [1.165, 1.54) is 22.0 Å². The van der Waals surface area contributed by atoms with Gasteiger partial charge in [0.05, 0.1) is 0 Å². The van der Waals surface area contributed by atoms with Crippen molar-refractivity contribution >= 4 is 51.7 Å². The van der Waals surface area contributed by atoms with E-state index < -0.39 is 29.2 Å². The molecule has 0 spiro atoms. The van der Waals surface area contributed by atoms with Gasteiger partial charge in [0.2, 0.25) is 0 Å². The Morgan fingerprint density at radius 1 is 1.60 bits per heavy atom. The van der Waals surface area contributed by atoms with E-state index in [2.05, 4.69) is 21.4 Å². The lowest BCUT2D eigenvalue weighted by molar-refractivity contribution is -0.150. The van der Waals surface area contributed by atoms with E-state index in [-0.39, 0.29) is 28.8 Å². The van der Waals surface area contributed by atoms with Gasteiger partial charge >= 0.3 is 5.97 Å². The van der Waals surface area contributed by atoms with Crippen LogP contribution in [0.4, 0.5) is 5.13 Å². The molecule has 0 bridgehead atoms. The van der Waals surface area contributed by atoms with E-state index in [1.54, 1.807) is 19.1 Å². The van der Waals surface area contributed by atoms with Gasteiger partial charge in [0.15, 0.2) is 17.5 Å². The molecule has 2 atom stereocenters. The highest BCUT2D eigenvalue weighted by molar-refractivity contribution is 8.00. The predicted molar refractivity (Wildman–Crippen MR) is 112 cm³/mol. The van der Waals surface area contributed by atoms with Crippen LogP contribution in [0.2, 0.25) is 0 Å². The summed E-state index contributed by atoms with van der Waals surface area (Å²) >= 11 is 2.46. The Morgan fingerprint density at radius 2 is 2.37 bits per heavy atom. The molecular weight excluding hydrogens is 430 g/mol. The van der Waals surface area contributed by atoms with Crippen molar-refractivity contribution in [2.75, 3.05) is 18.1 Å². The standard InChI is InChI=1S/C18H17N5O5S2/c1-3-5-9-7-29-16-12(15(25)23(16)13(9)17(26)27)21-14(24)11(22-28-6-4-2)10-8-30-18(19)20-10/h2-3,5,8,12,16H,6-7H2,1H3,(H2,19,20)(H,21,24)(H,26,27)/b5-3-,22-11-/t12-,16+/m1/s1. The maximum atomic E-state index is 12.8. The van der Waals surface area contributed by atoms with E-state index in [0.717, 1.165) is 11.3 Å². The molecule has 2 aliphatic rings. The van der Waals surface area contributed by atoms with Gasteiger partial charge in [0, 0.05) is 11.1 Å². The fourth-order valence-corrected chi connectivity index (χ4v) is 4.78. The fraction of sp³-hybridized carbons (Fsp3) is 0.278. The van der Waals surface area contributed by atoms with Gasteiger partial charge in [-0.3, -0.25) is 14.5 Å². The second-order valence-corrected chi connectivity index (χ2v) is 8.02. The molecule has 0 unspecified atom stereocenters. The van der Waals surface area contributed by atoms with Crippen LogP contribution in [0.1, 0.15) is 12.6 Å². The van der Waals surface area contributed by atoms with Crippen LogP contribution in [0.15, 0.2) is 34.0 Å². The molecule has 4 N–H and O–H groups in total. The van der Waals surface area contributed by atoms with Gasteiger partial charge in [-0.05, 0) is 12.5 Å². The molecule has 1 aromatic rings. The third kappa shape index (κ3) is 4.03. The fourth-order valence-electron chi connectivity index (χ4n) is 2.92. The highest BCUT2D eigenvalue weighted by Gasteiger charge is 2.54. The molecule has 0 radical (unpaired) electrons. The van der Waals surface area contributed by atoms with Crippen LogP contribution in [0.5, 0.6) is 0 Å². The monoisotopic (exact) mass is 447 g/mol. The number of nitrogens with two attached hydrogens (primary N) is 1. The smallest absolute Gasteiger partial charge is 0.352 e. The lowest BCUT2D eigenvalue weighted by atomic mass is 10.0. The Labute approximate surface area is 179 Å². The number of oxime groups is 1. The van der Waals surface area contributed by atoms with Gasteiger partial charge in [0.1, 0.15) is 22.8 Å². The zero-order valence-corrected chi connectivity index (χ0v) is 17.3. The lowest BCUT2D eigenvalue weighted by Crippen LogP contribution is -2.71. The first-order valence-electron chi connectivity index (χ1n) is 8.58. The minimum absolute atomic E-state index is 0.0779. The van der Waals surface area contributed by atoms with Crippen molar-refractivity contribution in [3.8, 4) is 12.3 Å². The van der Waals surface area contributed by atoms with E-state index >= 15 is 0 Å². The number of nitrogen functional groups attached to an aromatic ring is 1. The Hall–Kier alpha value is -3.30. The first-order chi connectivity index (χ1) is 14.4. The topological polar surface area (TPSA) is 147 Å². The average molecular weight is 447 g/mol. The van der Waals surface area contributed by atoms with Crippen molar-refractivity contribution in [2.24, 2.45) is 5.16 Å². The van der Waals surface area contributed by atoms with Crippen molar-refractivity contribution in [3.05, 3.63) is 34.5 Å². The summed E-state index contributed by atoms with van der Waals surface area (Å²) in [5, 5.41) is 17.1. The number of carbonyl (C=O) groups is 3. The van der Waals surface area contributed by atoms with E-state index in [9.17, 15) is 19.5 Å². The third-order valence-corrected chi connectivity index (χ3v) is 6.11. The van der Waals surface area contributed by atoms with Gasteiger partial charge in [-0.1, -0.05) is 23.2 Å². The normalized spacial score (nSPS) is 21.1. The number of hydrogen-bond acceptors (Lipinski definition) is 9.